The van der Waals surface area contributed by atoms with Crippen molar-refractivity contribution < 1.29 is 28.2 Å². The van der Waals surface area contributed by atoms with Crippen molar-refractivity contribution >= 4 is 17.7 Å². The van der Waals surface area contributed by atoms with Crippen molar-refractivity contribution in [2.75, 3.05) is 46.1 Å². The van der Waals surface area contributed by atoms with Crippen LogP contribution in [0.25, 0.3) is 0 Å². The van der Waals surface area contributed by atoms with Gasteiger partial charge >= 0.3 is 0 Å². The molecule has 198 valence electrons. The van der Waals surface area contributed by atoms with Crippen molar-refractivity contribution in [3.63, 3.8) is 0 Å². The molecule has 3 saturated heterocycles. The monoisotopic (exact) mass is 503 g/mol. The highest BCUT2D eigenvalue weighted by molar-refractivity contribution is 5.91. The fourth-order valence-electron chi connectivity index (χ4n) is 5.75. The zero-order valence-electron chi connectivity index (χ0n) is 21.2. The average Bonchev–Trinajstić information content (AvgIpc) is 2.90. The van der Waals surface area contributed by atoms with Gasteiger partial charge in [-0.1, -0.05) is 18.6 Å². The molecule has 3 aliphatic heterocycles. The van der Waals surface area contributed by atoms with Gasteiger partial charge in [-0.05, 0) is 63.1 Å². The summed E-state index contributed by atoms with van der Waals surface area (Å²) in [5.74, 6) is -0.724. The molecule has 3 aliphatic rings. The number of carbonyl (C=O) groups is 3. The van der Waals surface area contributed by atoms with E-state index in [0.29, 0.717) is 83.7 Å². The topological polar surface area (TPSA) is 97.0 Å². The van der Waals surface area contributed by atoms with Crippen LogP contribution in [0.1, 0.15) is 57.4 Å². The minimum atomic E-state index is -0.818. The lowest BCUT2D eigenvalue weighted by molar-refractivity contribution is -0.148. The van der Waals surface area contributed by atoms with E-state index >= 15 is 0 Å². The Morgan fingerprint density at radius 1 is 1.00 bits per heavy atom. The first kappa shape index (κ1) is 26.5. The summed E-state index contributed by atoms with van der Waals surface area (Å²) in [5, 5.41) is 5.72. The van der Waals surface area contributed by atoms with Crippen LogP contribution in [0.5, 0.6) is 0 Å². The Labute approximate surface area is 212 Å². The number of hydrogen-bond acceptors (Lipinski definition) is 5. The number of piperidine rings is 1. The number of rotatable bonds is 2. The normalized spacial score (nSPS) is 25.6. The number of hydrogen-bond donors (Lipinski definition) is 2. The predicted octanol–water partition coefficient (Wildman–Crippen LogP) is 2.30. The molecule has 1 aromatic carbocycles. The summed E-state index contributed by atoms with van der Waals surface area (Å²) < 4.78 is 25.3. The lowest BCUT2D eigenvalue weighted by atomic mass is 9.70. The Hall–Kier alpha value is -2.52. The minimum Gasteiger partial charge on any atom is -0.381 e. The number of amides is 3. The lowest BCUT2D eigenvalue weighted by Gasteiger charge is -2.45. The summed E-state index contributed by atoms with van der Waals surface area (Å²) in [6.45, 7) is 4.93. The highest BCUT2D eigenvalue weighted by atomic mass is 19.1. The molecule has 0 unspecified atom stereocenters. The number of ether oxygens (including phenoxy) is 2. The van der Waals surface area contributed by atoms with Crippen LogP contribution < -0.4 is 10.6 Å². The molecule has 9 heteroatoms. The van der Waals surface area contributed by atoms with E-state index in [1.165, 1.54) is 12.1 Å². The van der Waals surface area contributed by atoms with E-state index in [0.717, 1.165) is 12.8 Å². The molecule has 3 fully saturated rings. The van der Waals surface area contributed by atoms with Gasteiger partial charge in [0.2, 0.25) is 17.7 Å². The number of halogens is 1. The first-order chi connectivity index (χ1) is 17.4. The van der Waals surface area contributed by atoms with Gasteiger partial charge in [0.15, 0.2) is 0 Å². The van der Waals surface area contributed by atoms with E-state index in [4.69, 9.17) is 9.47 Å². The van der Waals surface area contributed by atoms with Gasteiger partial charge in [0.25, 0.3) is 0 Å². The van der Waals surface area contributed by atoms with Gasteiger partial charge in [-0.2, -0.15) is 0 Å². The molecule has 3 heterocycles. The fraction of sp³-hybridized carbons (Fsp3) is 0.667. The maximum atomic E-state index is 14.1. The van der Waals surface area contributed by atoms with Crippen LogP contribution in [0.2, 0.25) is 0 Å². The molecule has 0 aromatic heterocycles. The molecule has 8 nitrogen and oxygen atoms in total. The molecule has 1 atom stereocenters. The number of benzene rings is 1. The van der Waals surface area contributed by atoms with Gasteiger partial charge in [0, 0.05) is 39.5 Å². The first-order valence-corrected chi connectivity index (χ1v) is 13.2. The second-order valence-electron chi connectivity index (χ2n) is 10.3. The highest BCUT2D eigenvalue weighted by Gasteiger charge is 2.48. The van der Waals surface area contributed by atoms with Gasteiger partial charge in [-0.3, -0.25) is 14.4 Å². The summed E-state index contributed by atoms with van der Waals surface area (Å²) >= 11 is 0. The SMILES string of the molecule is C[C@@H]1NC(=O)C2(CCCCOCCNC1=O)CCN(C(=O)C1(c3cccc(F)c3)CCOCC1)CC2. The second-order valence-corrected chi connectivity index (χ2v) is 10.3. The van der Waals surface area contributed by atoms with Crippen LogP contribution in [0.4, 0.5) is 4.39 Å². The molecule has 0 saturated carbocycles. The van der Waals surface area contributed by atoms with Crippen LogP contribution >= 0.6 is 0 Å². The summed E-state index contributed by atoms with van der Waals surface area (Å²) in [5.41, 5.74) is -0.765. The summed E-state index contributed by atoms with van der Waals surface area (Å²) in [6.07, 6.45) is 4.41. The van der Waals surface area contributed by atoms with Crippen LogP contribution in [0.15, 0.2) is 24.3 Å². The highest BCUT2D eigenvalue weighted by Crippen LogP contribution is 2.41. The van der Waals surface area contributed by atoms with Crippen molar-refractivity contribution in [1.82, 2.24) is 15.5 Å². The smallest absolute Gasteiger partial charge is 0.242 e. The molecule has 2 N–H and O–H groups in total. The van der Waals surface area contributed by atoms with Gasteiger partial charge in [-0.15, -0.1) is 0 Å². The van der Waals surface area contributed by atoms with E-state index in [2.05, 4.69) is 10.6 Å². The van der Waals surface area contributed by atoms with Gasteiger partial charge in [-0.25, -0.2) is 4.39 Å². The third-order valence-corrected chi connectivity index (χ3v) is 8.10. The summed E-state index contributed by atoms with van der Waals surface area (Å²) in [7, 11) is 0. The van der Waals surface area contributed by atoms with Crippen molar-refractivity contribution in [2.24, 2.45) is 5.41 Å². The standard InChI is InChI=1S/C27H38FN3O5/c1-20-23(32)29-12-18-35-15-3-2-7-26(24(33)30-20)8-13-31(14-9-26)25(34)27(10-16-36-17-11-27)21-5-4-6-22(28)19-21/h4-6,19-20H,2-3,7-18H2,1H3,(H,29,32)(H,30,33)/t20-/m0/s1. The minimum absolute atomic E-state index is 0.0163. The molecule has 1 aromatic rings. The van der Waals surface area contributed by atoms with E-state index in [-0.39, 0.29) is 23.5 Å². The third kappa shape index (κ3) is 5.72. The quantitative estimate of drug-likeness (QED) is 0.646. The predicted molar refractivity (Wildman–Crippen MR) is 132 cm³/mol. The van der Waals surface area contributed by atoms with Gasteiger partial charge in [0.1, 0.15) is 11.9 Å². The Kier molecular flexibility index (Phi) is 8.62. The van der Waals surface area contributed by atoms with E-state index in [1.807, 2.05) is 11.0 Å². The third-order valence-electron chi connectivity index (χ3n) is 8.10. The molecular formula is C27H38FN3O5. The molecule has 36 heavy (non-hydrogen) atoms. The maximum Gasteiger partial charge on any atom is 0.242 e. The summed E-state index contributed by atoms with van der Waals surface area (Å²) in [6, 6.07) is 5.69. The second kappa shape index (κ2) is 11.7. The Balaban J connectivity index is 1.50. The first-order valence-electron chi connectivity index (χ1n) is 13.2. The van der Waals surface area contributed by atoms with Crippen molar-refractivity contribution in [3.8, 4) is 0 Å². The van der Waals surface area contributed by atoms with Crippen LogP contribution in [0, 0.1) is 11.2 Å². The van der Waals surface area contributed by atoms with Crippen LogP contribution in [-0.4, -0.2) is 74.7 Å². The van der Waals surface area contributed by atoms with Crippen LogP contribution in [0.3, 0.4) is 0 Å². The number of carbonyl (C=O) groups excluding carboxylic acids is 3. The van der Waals surface area contributed by atoms with Crippen molar-refractivity contribution in [3.05, 3.63) is 35.6 Å². The Morgan fingerprint density at radius 3 is 2.44 bits per heavy atom. The number of nitrogens with zero attached hydrogens (tertiary/aromatic N) is 1. The molecule has 0 radical (unpaired) electrons. The van der Waals surface area contributed by atoms with Gasteiger partial charge < -0.3 is 25.0 Å². The number of nitrogens with one attached hydrogen (secondary N) is 2. The Morgan fingerprint density at radius 2 is 1.72 bits per heavy atom. The molecule has 1 spiro atoms. The van der Waals surface area contributed by atoms with E-state index in [9.17, 15) is 18.8 Å². The largest absolute Gasteiger partial charge is 0.381 e. The summed E-state index contributed by atoms with van der Waals surface area (Å²) in [4.78, 5) is 41.6. The average molecular weight is 504 g/mol. The van der Waals surface area contributed by atoms with E-state index < -0.39 is 16.9 Å². The zero-order valence-corrected chi connectivity index (χ0v) is 21.2. The van der Waals surface area contributed by atoms with Crippen molar-refractivity contribution in [2.45, 2.75) is 63.3 Å². The van der Waals surface area contributed by atoms with Gasteiger partial charge in [0.05, 0.1) is 17.4 Å². The fourth-order valence-corrected chi connectivity index (χ4v) is 5.75. The van der Waals surface area contributed by atoms with Crippen LogP contribution in [-0.2, 0) is 29.3 Å². The maximum absolute atomic E-state index is 14.1. The molecular weight excluding hydrogens is 465 g/mol. The number of likely N-dealkylation sites (tertiary alicyclic amines) is 1. The molecule has 3 amide bonds. The Bertz CT molecular complexity index is 941. The zero-order chi connectivity index (χ0) is 25.6. The lowest BCUT2D eigenvalue weighted by Crippen LogP contribution is -2.57. The molecule has 4 rings (SSSR count). The molecule has 0 aliphatic carbocycles. The van der Waals surface area contributed by atoms with Crippen molar-refractivity contribution in [1.29, 1.82) is 0 Å². The molecule has 0 bridgehead atoms. The van der Waals surface area contributed by atoms with E-state index in [1.54, 1.807) is 13.0 Å².